The normalized spacial score (nSPS) is 11.9. The van der Waals surface area contributed by atoms with Crippen LogP contribution in [0.5, 0.6) is 0 Å². The van der Waals surface area contributed by atoms with E-state index >= 15 is 0 Å². The van der Waals surface area contributed by atoms with Crippen LogP contribution in [0.3, 0.4) is 0 Å². The predicted molar refractivity (Wildman–Crippen MR) is 82.9 cm³/mol. The lowest BCUT2D eigenvalue weighted by molar-refractivity contribution is -0.115. The Kier molecular flexibility index (Phi) is 4.97. The molecule has 1 aromatic carbocycles. The van der Waals surface area contributed by atoms with Crippen molar-refractivity contribution in [2.75, 3.05) is 5.32 Å². The number of benzene rings is 1. The van der Waals surface area contributed by atoms with Crippen molar-refractivity contribution < 1.29 is 4.79 Å². The maximum atomic E-state index is 12.0. The molecule has 0 bridgehead atoms. The molecule has 1 atom stereocenters. The fraction of sp³-hybridized carbons (Fsp3) is 0.154. The number of thioether (sulfide) groups is 1. The zero-order chi connectivity index (χ0) is 14.5. The van der Waals surface area contributed by atoms with E-state index < -0.39 is 0 Å². The fourth-order valence-electron chi connectivity index (χ4n) is 1.44. The van der Waals surface area contributed by atoms with Crippen LogP contribution in [0.2, 0.25) is 0 Å². The molecule has 1 heterocycles. The average molecular weight is 354 g/mol. The SMILES string of the molecule is CC(Sc1nccc(=O)[nH]1)C(=O)Nc1cccc(Br)c1. The molecule has 2 aromatic rings. The van der Waals surface area contributed by atoms with E-state index in [1.54, 1.807) is 6.92 Å². The largest absolute Gasteiger partial charge is 0.325 e. The highest BCUT2D eigenvalue weighted by Crippen LogP contribution is 2.20. The molecule has 0 saturated carbocycles. The third kappa shape index (κ3) is 4.21. The lowest BCUT2D eigenvalue weighted by atomic mass is 10.3. The lowest BCUT2D eigenvalue weighted by Crippen LogP contribution is -2.23. The molecule has 0 spiro atoms. The van der Waals surface area contributed by atoms with Crippen LogP contribution in [-0.4, -0.2) is 21.1 Å². The van der Waals surface area contributed by atoms with Gasteiger partial charge in [0.15, 0.2) is 5.16 Å². The molecule has 5 nitrogen and oxygen atoms in total. The number of hydrogen-bond acceptors (Lipinski definition) is 4. The third-order valence-electron chi connectivity index (χ3n) is 2.40. The number of H-pyrrole nitrogens is 1. The minimum absolute atomic E-state index is 0.153. The van der Waals surface area contributed by atoms with Crippen molar-refractivity contribution in [2.45, 2.75) is 17.3 Å². The van der Waals surface area contributed by atoms with Crippen molar-refractivity contribution in [1.82, 2.24) is 9.97 Å². The maximum absolute atomic E-state index is 12.0. The van der Waals surface area contributed by atoms with Crippen LogP contribution >= 0.6 is 27.7 Å². The van der Waals surface area contributed by atoms with Crippen LogP contribution < -0.4 is 10.9 Å². The van der Waals surface area contributed by atoms with Crippen LogP contribution in [0.15, 0.2) is 51.0 Å². The van der Waals surface area contributed by atoms with E-state index in [2.05, 4.69) is 31.2 Å². The zero-order valence-corrected chi connectivity index (χ0v) is 13.0. The fourth-order valence-corrected chi connectivity index (χ4v) is 2.62. The minimum Gasteiger partial charge on any atom is -0.325 e. The van der Waals surface area contributed by atoms with Crippen molar-refractivity contribution in [3.63, 3.8) is 0 Å². The Balaban J connectivity index is 2.00. The van der Waals surface area contributed by atoms with Crippen molar-refractivity contribution in [3.05, 3.63) is 51.4 Å². The first kappa shape index (κ1) is 14.8. The average Bonchev–Trinajstić information content (AvgIpc) is 2.38. The smallest absolute Gasteiger partial charge is 0.251 e. The summed E-state index contributed by atoms with van der Waals surface area (Å²) in [5, 5.41) is 2.86. The van der Waals surface area contributed by atoms with Gasteiger partial charge in [0.2, 0.25) is 5.91 Å². The molecule has 0 radical (unpaired) electrons. The van der Waals surface area contributed by atoms with Gasteiger partial charge in [-0.1, -0.05) is 33.8 Å². The monoisotopic (exact) mass is 353 g/mol. The van der Waals surface area contributed by atoms with Crippen molar-refractivity contribution >= 4 is 39.3 Å². The Morgan fingerprint density at radius 2 is 2.25 bits per heavy atom. The Hall–Kier alpha value is -1.60. The van der Waals surface area contributed by atoms with Crippen molar-refractivity contribution in [3.8, 4) is 0 Å². The van der Waals surface area contributed by atoms with E-state index in [1.165, 1.54) is 24.0 Å². The Morgan fingerprint density at radius 3 is 2.95 bits per heavy atom. The van der Waals surface area contributed by atoms with Gasteiger partial charge < -0.3 is 10.3 Å². The number of hydrogen-bond donors (Lipinski definition) is 2. The van der Waals surface area contributed by atoms with Crippen molar-refractivity contribution in [2.24, 2.45) is 0 Å². The second-order valence-corrected chi connectivity index (χ2v) is 6.24. The van der Waals surface area contributed by atoms with Gasteiger partial charge in [0.25, 0.3) is 5.56 Å². The summed E-state index contributed by atoms with van der Waals surface area (Å²) in [5.41, 5.74) is 0.480. The van der Waals surface area contributed by atoms with Gasteiger partial charge in [-0.15, -0.1) is 0 Å². The van der Waals surface area contributed by atoms with Crippen LogP contribution in [-0.2, 0) is 4.79 Å². The second-order valence-electron chi connectivity index (χ2n) is 4.00. The minimum atomic E-state index is -0.375. The summed E-state index contributed by atoms with van der Waals surface area (Å²) in [6.45, 7) is 1.75. The second kappa shape index (κ2) is 6.71. The van der Waals surface area contributed by atoms with E-state index in [4.69, 9.17) is 0 Å². The molecule has 2 N–H and O–H groups in total. The highest BCUT2D eigenvalue weighted by Gasteiger charge is 2.15. The molecule has 1 unspecified atom stereocenters. The summed E-state index contributed by atoms with van der Waals surface area (Å²) in [5.74, 6) is -0.153. The van der Waals surface area contributed by atoms with Gasteiger partial charge in [0.05, 0.1) is 5.25 Å². The van der Waals surface area contributed by atoms with E-state index in [9.17, 15) is 9.59 Å². The summed E-state index contributed by atoms with van der Waals surface area (Å²) in [6, 6.07) is 8.68. The number of nitrogens with zero attached hydrogens (tertiary/aromatic N) is 1. The highest BCUT2D eigenvalue weighted by atomic mass is 79.9. The van der Waals surface area contributed by atoms with Gasteiger partial charge >= 0.3 is 0 Å². The lowest BCUT2D eigenvalue weighted by Gasteiger charge is -2.11. The summed E-state index contributed by atoms with van der Waals surface area (Å²) in [4.78, 5) is 29.8. The molecule has 7 heteroatoms. The number of rotatable bonds is 4. The summed E-state index contributed by atoms with van der Waals surface area (Å²) < 4.78 is 0.893. The number of halogens is 1. The first-order valence-corrected chi connectivity index (χ1v) is 7.50. The van der Waals surface area contributed by atoms with Gasteiger partial charge in [0.1, 0.15) is 0 Å². The van der Waals surface area contributed by atoms with E-state index in [1.807, 2.05) is 24.3 Å². The highest BCUT2D eigenvalue weighted by molar-refractivity contribution is 9.10. The first-order chi connectivity index (χ1) is 9.54. The molecule has 0 aliphatic rings. The van der Waals surface area contributed by atoms with E-state index in [0.717, 1.165) is 4.47 Å². The number of carbonyl (C=O) groups excluding carboxylic acids is 1. The molecule has 0 aliphatic heterocycles. The van der Waals surface area contributed by atoms with E-state index in [0.29, 0.717) is 10.8 Å². The Morgan fingerprint density at radius 1 is 1.45 bits per heavy atom. The summed E-state index contributed by atoms with van der Waals surface area (Å²) in [6.07, 6.45) is 1.42. The topological polar surface area (TPSA) is 74.8 Å². The molecular formula is C13H12BrN3O2S. The predicted octanol–water partition coefficient (Wildman–Crippen LogP) is 2.65. The number of amides is 1. The maximum Gasteiger partial charge on any atom is 0.251 e. The van der Waals surface area contributed by atoms with Crippen LogP contribution in [0, 0.1) is 0 Å². The molecule has 0 fully saturated rings. The van der Waals surface area contributed by atoms with Gasteiger partial charge in [-0.25, -0.2) is 4.98 Å². The molecule has 1 aromatic heterocycles. The van der Waals surface area contributed by atoms with Crippen LogP contribution in [0.1, 0.15) is 6.92 Å². The molecule has 20 heavy (non-hydrogen) atoms. The van der Waals surface area contributed by atoms with Gasteiger partial charge in [-0.3, -0.25) is 9.59 Å². The number of aromatic amines is 1. The number of aromatic nitrogens is 2. The van der Waals surface area contributed by atoms with Crippen LogP contribution in [0.25, 0.3) is 0 Å². The molecular weight excluding hydrogens is 342 g/mol. The zero-order valence-electron chi connectivity index (χ0n) is 10.6. The molecule has 0 saturated heterocycles. The summed E-state index contributed by atoms with van der Waals surface area (Å²) in [7, 11) is 0. The van der Waals surface area contributed by atoms with E-state index in [-0.39, 0.29) is 16.7 Å². The Bertz CT molecular complexity index is 674. The van der Waals surface area contributed by atoms with Crippen molar-refractivity contribution in [1.29, 1.82) is 0 Å². The molecule has 0 aliphatic carbocycles. The third-order valence-corrected chi connectivity index (χ3v) is 3.89. The standard InChI is InChI=1S/C13H12BrN3O2S/c1-8(20-13-15-6-5-11(18)17-13)12(19)16-10-4-2-3-9(14)7-10/h2-8H,1H3,(H,16,19)(H,15,17,18). The number of nitrogens with one attached hydrogen (secondary N) is 2. The summed E-state index contributed by atoms with van der Waals surface area (Å²) >= 11 is 4.54. The molecule has 1 amide bonds. The van der Waals surface area contributed by atoms with Gasteiger partial charge in [-0.05, 0) is 25.1 Å². The number of anilines is 1. The Labute approximate surface area is 128 Å². The molecule has 104 valence electrons. The number of carbonyl (C=O) groups is 1. The molecule has 2 rings (SSSR count). The quantitative estimate of drug-likeness (QED) is 0.654. The van der Waals surface area contributed by atoms with Crippen LogP contribution in [0.4, 0.5) is 5.69 Å². The van der Waals surface area contributed by atoms with Gasteiger partial charge in [-0.2, -0.15) is 0 Å². The van der Waals surface area contributed by atoms with Gasteiger partial charge in [0, 0.05) is 22.4 Å². The first-order valence-electron chi connectivity index (χ1n) is 5.83.